The van der Waals surface area contributed by atoms with Gasteiger partial charge in [0.2, 0.25) is 0 Å². The Morgan fingerprint density at radius 1 is 1.22 bits per heavy atom. The van der Waals surface area contributed by atoms with Crippen molar-refractivity contribution in [2.24, 2.45) is 0 Å². The Morgan fingerprint density at radius 2 is 1.89 bits per heavy atom. The quantitative estimate of drug-likeness (QED) is 0.774. The molecule has 100 valence electrons. The van der Waals surface area contributed by atoms with Crippen LogP contribution in [0.4, 0.5) is 0 Å². The minimum atomic E-state index is 0.0241. The second kappa shape index (κ2) is 5.50. The third-order valence-electron chi connectivity index (χ3n) is 3.68. The third kappa shape index (κ3) is 2.50. The van der Waals surface area contributed by atoms with Crippen molar-refractivity contribution in [3.63, 3.8) is 0 Å². The van der Waals surface area contributed by atoms with E-state index >= 15 is 0 Å². The standard InChI is InChI=1S/C15H21ClO2/c1-5-17-15-12(16)8-13(15)18-14-10(3)7-6-9(2)11(14)4/h6-7,12-13,15H,5,8H2,1-4H3. The van der Waals surface area contributed by atoms with Crippen LogP contribution in [-0.4, -0.2) is 24.2 Å². The van der Waals surface area contributed by atoms with Crippen LogP contribution in [0.3, 0.4) is 0 Å². The molecule has 3 unspecified atom stereocenters. The van der Waals surface area contributed by atoms with Crippen LogP contribution in [0.25, 0.3) is 0 Å². The monoisotopic (exact) mass is 268 g/mol. The lowest BCUT2D eigenvalue weighted by Gasteiger charge is -2.41. The van der Waals surface area contributed by atoms with E-state index in [1.807, 2.05) is 6.92 Å². The molecule has 1 fully saturated rings. The molecule has 2 rings (SSSR count). The fraction of sp³-hybridized carbons (Fsp3) is 0.600. The van der Waals surface area contributed by atoms with Crippen molar-refractivity contribution in [1.29, 1.82) is 0 Å². The fourth-order valence-corrected chi connectivity index (χ4v) is 2.72. The zero-order chi connectivity index (χ0) is 13.3. The van der Waals surface area contributed by atoms with Gasteiger partial charge in [-0.05, 0) is 44.4 Å². The molecular formula is C15H21ClO2. The molecule has 0 saturated heterocycles. The van der Waals surface area contributed by atoms with Gasteiger partial charge in [-0.2, -0.15) is 0 Å². The molecule has 0 aromatic heterocycles. The molecule has 0 amide bonds. The van der Waals surface area contributed by atoms with Crippen LogP contribution < -0.4 is 4.74 Å². The van der Waals surface area contributed by atoms with E-state index in [2.05, 4.69) is 32.9 Å². The summed E-state index contributed by atoms with van der Waals surface area (Å²) < 4.78 is 11.7. The van der Waals surface area contributed by atoms with Crippen LogP contribution in [0.5, 0.6) is 5.75 Å². The van der Waals surface area contributed by atoms with E-state index in [9.17, 15) is 0 Å². The van der Waals surface area contributed by atoms with Gasteiger partial charge in [-0.25, -0.2) is 0 Å². The van der Waals surface area contributed by atoms with Gasteiger partial charge in [0, 0.05) is 13.0 Å². The van der Waals surface area contributed by atoms with Gasteiger partial charge in [0.15, 0.2) is 0 Å². The number of ether oxygens (including phenoxy) is 2. The minimum Gasteiger partial charge on any atom is -0.487 e. The molecular weight excluding hydrogens is 248 g/mol. The molecule has 1 aliphatic carbocycles. The third-order valence-corrected chi connectivity index (χ3v) is 4.11. The van der Waals surface area contributed by atoms with Gasteiger partial charge in [-0.15, -0.1) is 11.6 Å². The molecule has 3 heteroatoms. The Kier molecular flexibility index (Phi) is 4.18. The highest BCUT2D eigenvalue weighted by Gasteiger charge is 2.42. The average molecular weight is 269 g/mol. The average Bonchev–Trinajstić information content (AvgIpc) is 2.35. The highest BCUT2D eigenvalue weighted by Crippen LogP contribution is 2.35. The maximum atomic E-state index is 6.16. The van der Waals surface area contributed by atoms with E-state index < -0.39 is 0 Å². The predicted octanol–water partition coefficient (Wildman–Crippen LogP) is 3.78. The highest BCUT2D eigenvalue weighted by molar-refractivity contribution is 6.21. The molecule has 0 N–H and O–H groups in total. The fourth-order valence-electron chi connectivity index (χ4n) is 2.30. The van der Waals surface area contributed by atoms with Gasteiger partial charge in [-0.1, -0.05) is 12.1 Å². The highest BCUT2D eigenvalue weighted by atomic mass is 35.5. The first kappa shape index (κ1) is 13.7. The second-order valence-electron chi connectivity index (χ2n) is 4.98. The molecule has 0 bridgehead atoms. The number of alkyl halides is 1. The topological polar surface area (TPSA) is 18.5 Å². The Labute approximate surface area is 114 Å². The Morgan fingerprint density at radius 3 is 2.50 bits per heavy atom. The number of benzene rings is 1. The predicted molar refractivity (Wildman–Crippen MR) is 74.7 cm³/mol. The van der Waals surface area contributed by atoms with E-state index in [4.69, 9.17) is 21.1 Å². The molecule has 1 aromatic rings. The Balaban J connectivity index is 2.13. The summed E-state index contributed by atoms with van der Waals surface area (Å²) in [6.45, 7) is 8.95. The van der Waals surface area contributed by atoms with E-state index in [0.717, 1.165) is 12.2 Å². The van der Waals surface area contributed by atoms with Crippen molar-refractivity contribution in [1.82, 2.24) is 0 Å². The molecule has 0 radical (unpaired) electrons. The zero-order valence-corrected chi connectivity index (χ0v) is 12.3. The minimum absolute atomic E-state index is 0.0241. The lowest BCUT2D eigenvalue weighted by Crippen LogP contribution is -2.52. The SMILES string of the molecule is CCOC1C(Cl)CC1Oc1c(C)ccc(C)c1C. The van der Waals surface area contributed by atoms with Crippen molar-refractivity contribution in [2.45, 2.75) is 51.7 Å². The molecule has 1 aromatic carbocycles. The molecule has 3 atom stereocenters. The van der Waals surface area contributed by atoms with E-state index in [-0.39, 0.29) is 17.6 Å². The molecule has 0 heterocycles. The van der Waals surface area contributed by atoms with Crippen molar-refractivity contribution in [3.05, 3.63) is 28.8 Å². The summed E-state index contributed by atoms with van der Waals surface area (Å²) in [5.74, 6) is 0.994. The normalized spacial score (nSPS) is 26.8. The number of aryl methyl sites for hydroxylation is 2. The van der Waals surface area contributed by atoms with Crippen LogP contribution in [0.15, 0.2) is 12.1 Å². The number of halogens is 1. The summed E-state index contributed by atoms with van der Waals surface area (Å²) in [5.41, 5.74) is 3.64. The number of rotatable bonds is 4. The van der Waals surface area contributed by atoms with Gasteiger partial charge in [0.25, 0.3) is 0 Å². The first-order valence-electron chi connectivity index (χ1n) is 6.53. The van der Waals surface area contributed by atoms with E-state index in [1.54, 1.807) is 0 Å². The molecule has 1 aliphatic rings. The van der Waals surface area contributed by atoms with E-state index in [0.29, 0.717) is 6.61 Å². The van der Waals surface area contributed by atoms with Crippen LogP contribution in [0.1, 0.15) is 30.0 Å². The first-order chi connectivity index (χ1) is 8.54. The molecule has 0 aliphatic heterocycles. The van der Waals surface area contributed by atoms with Crippen molar-refractivity contribution >= 4 is 11.6 Å². The van der Waals surface area contributed by atoms with Crippen molar-refractivity contribution < 1.29 is 9.47 Å². The largest absolute Gasteiger partial charge is 0.487 e. The molecule has 18 heavy (non-hydrogen) atoms. The summed E-state index contributed by atoms with van der Waals surface area (Å²) in [5, 5.41) is 0.0837. The summed E-state index contributed by atoms with van der Waals surface area (Å²) in [6, 6.07) is 4.23. The van der Waals surface area contributed by atoms with Crippen LogP contribution >= 0.6 is 11.6 Å². The first-order valence-corrected chi connectivity index (χ1v) is 6.97. The van der Waals surface area contributed by atoms with Gasteiger partial charge < -0.3 is 9.47 Å². The number of hydrogen-bond donors (Lipinski definition) is 0. The van der Waals surface area contributed by atoms with Crippen molar-refractivity contribution in [2.75, 3.05) is 6.61 Å². The lowest BCUT2D eigenvalue weighted by atomic mass is 9.90. The summed E-state index contributed by atoms with van der Waals surface area (Å²) in [7, 11) is 0. The maximum Gasteiger partial charge on any atom is 0.128 e. The summed E-state index contributed by atoms with van der Waals surface area (Å²) in [6.07, 6.45) is 0.974. The maximum absolute atomic E-state index is 6.16. The van der Waals surface area contributed by atoms with Crippen LogP contribution in [0, 0.1) is 20.8 Å². The van der Waals surface area contributed by atoms with Gasteiger partial charge in [-0.3, -0.25) is 0 Å². The lowest BCUT2D eigenvalue weighted by molar-refractivity contribution is -0.0763. The summed E-state index contributed by atoms with van der Waals surface area (Å²) in [4.78, 5) is 0. The Bertz CT molecular complexity index is 431. The smallest absolute Gasteiger partial charge is 0.128 e. The zero-order valence-electron chi connectivity index (χ0n) is 11.5. The van der Waals surface area contributed by atoms with Gasteiger partial charge in [0.1, 0.15) is 18.0 Å². The van der Waals surface area contributed by atoms with E-state index in [1.165, 1.54) is 16.7 Å². The second-order valence-corrected chi connectivity index (χ2v) is 5.54. The molecule has 0 spiro atoms. The number of hydrogen-bond acceptors (Lipinski definition) is 2. The summed E-state index contributed by atoms with van der Waals surface area (Å²) >= 11 is 6.16. The van der Waals surface area contributed by atoms with Gasteiger partial charge >= 0.3 is 0 Å². The van der Waals surface area contributed by atoms with Crippen molar-refractivity contribution in [3.8, 4) is 5.75 Å². The van der Waals surface area contributed by atoms with Crippen LogP contribution in [0.2, 0.25) is 0 Å². The Hall–Kier alpha value is -0.730. The molecule has 2 nitrogen and oxygen atoms in total. The molecule has 1 saturated carbocycles. The van der Waals surface area contributed by atoms with Gasteiger partial charge in [0.05, 0.1) is 5.38 Å². The van der Waals surface area contributed by atoms with Crippen LogP contribution in [-0.2, 0) is 4.74 Å².